The van der Waals surface area contributed by atoms with Gasteiger partial charge in [-0.2, -0.15) is 12.7 Å². The fourth-order valence-corrected chi connectivity index (χ4v) is 6.12. The van der Waals surface area contributed by atoms with Gasteiger partial charge in [-0.3, -0.25) is 10.0 Å². The molecule has 0 unspecified atom stereocenters. The van der Waals surface area contributed by atoms with Crippen molar-refractivity contribution in [3.63, 3.8) is 0 Å². The summed E-state index contributed by atoms with van der Waals surface area (Å²) in [5.41, 5.74) is 3.72. The van der Waals surface area contributed by atoms with Gasteiger partial charge in [0.25, 0.3) is 5.91 Å². The molecular weight excluding hydrogens is 514 g/mol. The van der Waals surface area contributed by atoms with Crippen molar-refractivity contribution in [2.45, 2.75) is 44.6 Å². The van der Waals surface area contributed by atoms with E-state index in [1.165, 1.54) is 4.31 Å². The van der Waals surface area contributed by atoms with Gasteiger partial charge in [0, 0.05) is 43.9 Å². The Kier molecular flexibility index (Phi) is 9.34. The fraction of sp³-hybridized carbons (Fsp3) is 0.538. The first-order valence-electron chi connectivity index (χ1n) is 12.8. The summed E-state index contributed by atoms with van der Waals surface area (Å²) < 4.78 is 37.6. The van der Waals surface area contributed by atoms with E-state index in [4.69, 9.17) is 14.6 Å². The molecule has 208 valence electrons. The summed E-state index contributed by atoms with van der Waals surface area (Å²) in [6.07, 6.45) is 0.930. The molecule has 2 aliphatic heterocycles. The fourth-order valence-electron chi connectivity index (χ4n) is 4.85. The second-order valence-electron chi connectivity index (χ2n) is 9.73. The summed E-state index contributed by atoms with van der Waals surface area (Å²) >= 11 is 0. The van der Waals surface area contributed by atoms with Gasteiger partial charge in [-0.15, -0.1) is 0 Å². The number of amides is 1. The van der Waals surface area contributed by atoms with Gasteiger partial charge in [0.15, 0.2) is 0 Å². The van der Waals surface area contributed by atoms with E-state index < -0.39 is 34.7 Å². The number of hydrogen-bond acceptors (Lipinski definition) is 9. The molecule has 0 radical (unpaired) electrons. The average molecular weight is 550 g/mol. The lowest BCUT2D eigenvalue weighted by Gasteiger charge is -2.34. The Morgan fingerprint density at radius 2 is 1.89 bits per heavy atom. The molecule has 12 heteroatoms. The number of carbonyl (C=O) groups is 1. The molecule has 0 spiro atoms. The highest BCUT2D eigenvalue weighted by molar-refractivity contribution is 7.87. The summed E-state index contributed by atoms with van der Waals surface area (Å²) in [4.78, 5) is 17.0. The third-order valence-electron chi connectivity index (χ3n) is 7.11. The van der Waals surface area contributed by atoms with E-state index in [0.29, 0.717) is 50.5 Å². The molecule has 2 saturated heterocycles. The first-order valence-corrected chi connectivity index (χ1v) is 14.2. The zero-order valence-corrected chi connectivity index (χ0v) is 22.2. The van der Waals surface area contributed by atoms with E-state index in [1.54, 1.807) is 6.07 Å². The molecule has 0 aliphatic carbocycles. The molecule has 0 saturated carbocycles. The van der Waals surface area contributed by atoms with Gasteiger partial charge in [0.05, 0.1) is 12.3 Å². The Hall–Kier alpha value is -2.61. The smallest absolute Gasteiger partial charge is 0.329 e. The third kappa shape index (κ3) is 6.50. The number of hydroxylamine groups is 1. The monoisotopic (exact) mass is 549 g/mol. The molecule has 2 aliphatic rings. The van der Waals surface area contributed by atoms with E-state index in [0.717, 1.165) is 16.7 Å². The number of aryl methyl sites for hydroxylation is 1. The van der Waals surface area contributed by atoms with E-state index in [9.17, 15) is 23.5 Å². The van der Waals surface area contributed by atoms with Crippen molar-refractivity contribution >= 4 is 16.1 Å². The van der Waals surface area contributed by atoms with Gasteiger partial charge in [-0.05, 0) is 55.7 Å². The molecule has 3 heterocycles. The number of aliphatic hydroxyl groups is 2. The molecule has 11 nitrogen and oxygen atoms in total. The number of piperidine rings is 1. The topological polar surface area (TPSA) is 150 Å². The van der Waals surface area contributed by atoms with Crippen molar-refractivity contribution < 1.29 is 38.1 Å². The van der Waals surface area contributed by atoms with E-state index in [2.05, 4.69) is 11.1 Å². The molecule has 1 aromatic heterocycles. The number of aliphatic hydroxyl groups excluding tert-OH is 2. The number of nitrogens with zero attached hydrogens (tertiary/aromatic N) is 3. The van der Waals surface area contributed by atoms with Crippen LogP contribution in [0.2, 0.25) is 0 Å². The van der Waals surface area contributed by atoms with Gasteiger partial charge < -0.3 is 19.7 Å². The van der Waals surface area contributed by atoms with Crippen LogP contribution in [-0.2, 0) is 19.7 Å². The standard InChI is InChI=1S/C26H35N3O8S/c1-18-15-21(5-6-23(18)24-3-2-4-25(27-24)37-17-22(31)16-30)19-7-11-28(12-8-19)38(34,35)29(33)26(32)20-9-13-36-14-10-20/h2-6,15,19-20,22,30-31,33H,7-14,16-17H2,1H3/t22-/m0/s1. The molecule has 2 aromatic rings. The predicted octanol–water partition coefficient (Wildman–Crippen LogP) is 1.86. The quantitative estimate of drug-likeness (QED) is 0.315. The molecule has 2 fully saturated rings. The molecule has 1 amide bonds. The van der Waals surface area contributed by atoms with E-state index in [1.807, 2.05) is 31.2 Å². The maximum atomic E-state index is 12.9. The second kappa shape index (κ2) is 12.5. The summed E-state index contributed by atoms with van der Waals surface area (Å²) in [5.74, 6) is -0.874. The van der Waals surface area contributed by atoms with Gasteiger partial charge in [-0.1, -0.05) is 28.7 Å². The maximum Gasteiger partial charge on any atom is 0.329 e. The molecule has 38 heavy (non-hydrogen) atoms. The van der Waals surface area contributed by atoms with E-state index in [-0.39, 0.29) is 30.1 Å². The Labute approximate surface area is 222 Å². The highest BCUT2D eigenvalue weighted by Crippen LogP contribution is 2.33. The first-order chi connectivity index (χ1) is 18.2. The molecule has 0 bridgehead atoms. The Bertz CT molecular complexity index is 1210. The summed E-state index contributed by atoms with van der Waals surface area (Å²) in [5, 5.41) is 28.7. The van der Waals surface area contributed by atoms with Crippen LogP contribution in [0.1, 0.15) is 42.7 Å². The Morgan fingerprint density at radius 3 is 2.55 bits per heavy atom. The minimum absolute atomic E-state index is 0.0585. The number of rotatable bonds is 9. The van der Waals surface area contributed by atoms with Crippen molar-refractivity contribution in [3.05, 3.63) is 47.5 Å². The minimum Gasteiger partial charge on any atom is -0.475 e. The molecular formula is C26H35N3O8S. The van der Waals surface area contributed by atoms with Crippen LogP contribution in [0.25, 0.3) is 11.3 Å². The number of carbonyl (C=O) groups excluding carboxylic acids is 1. The van der Waals surface area contributed by atoms with Gasteiger partial charge in [0.1, 0.15) is 12.7 Å². The van der Waals surface area contributed by atoms with Crippen molar-refractivity contribution in [1.29, 1.82) is 0 Å². The van der Waals surface area contributed by atoms with Crippen LogP contribution in [0, 0.1) is 12.8 Å². The first kappa shape index (κ1) is 28.4. The van der Waals surface area contributed by atoms with Gasteiger partial charge in [0.2, 0.25) is 5.88 Å². The maximum absolute atomic E-state index is 12.9. The highest BCUT2D eigenvalue weighted by Gasteiger charge is 2.38. The van der Waals surface area contributed by atoms with Crippen LogP contribution in [0.15, 0.2) is 36.4 Å². The molecule has 3 N–H and O–H groups in total. The van der Waals surface area contributed by atoms with Crippen molar-refractivity contribution in [3.8, 4) is 17.1 Å². The number of benzene rings is 1. The number of ether oxygens (including phenoxy) is 2. The van der Waals surface area contributed by atoms with E-state index >= 15 is 0 Å². The van der Waals surface area contributed by atoms with Crippen molar-refractivity contribution in [2.24, 2.45) is 5.92 Å². The molecule has 4 rings (SSSR count). The zero-order chi connectivity index (χ0) is 27.3. The van der Waals surface area contributed by atoms with Crippen LogP contribution in [-0.4, -0.2) is 89.1 Å². The van der Waals surface area contributed by atoms with Crippen LogP contribution in [0.3, 0.4) is 0 Å². The minimum atomic E-state index is -4.30. The summed E-state index contributed by atoms with van der Waals surface area (Å²) in [6, 6.07) is 11.4. The van der Waals surface area contributed by atoms with Crippen LogP contribution < -0.4 is 4.74 Å². The molecule has 1 atom stereocenters. The van der Waals surface area contributed by atoms with Crippen LogP contribution in [0.5, 0.6) is 5.88 Å². The SMILES string of the molecule is Cc1cc(C2CCN(S(=O)(=O)N(O)C(=O)C3CCOCC3)CC2)ccc1-c1cccc(OC[C@@H](O)CO)n1. The van der Waals surface area contributed by atoms with Crippen LogP contribution in [0.4, 0.5) is 0 Å². The van der Waals surface area contributed by atoms with Crippen molar-refractivity contribution in [2.75, 3.05) is 39.5 Å². The second-order valence-corrected chi connectivity index (χ2v) is 11.5. The largest absolute Gasteiger partial charge is 0.475 e. The number of aromatic nitrogens is 1. The Balaban J connectivity index is 1.38. The van der Waals surface area contributed by atoms with Gasteiger partial charge >= 0.3 is 10.2 Å². The highest BCUT2D eigenvalue weighted by atomic mass is 32.2. The Morgan fingerprint density at radius 1 is 1.18 bits per heavy atom. The number of hydrogen-bond donors (Lipinski definition) is 3. The predicted molar refractivity (Wildman–Crippen MR) is 138 cm³/mol. The summed E-state index contributed by atoms with van der Waals surface area (Å²) in [6.45, 7) is 2.68. The van der Waals surface area contributed by atoms with Crippen LogP contribution >= 0.6 is 0 Å². The normalized spacial score (nSPS) is 18.7. The summed E-state index contributed by atoms with van der Waals surface area (Å²) in [7, 11) is -4.30. The lowest BCUT2D eigenvalue weighted by Crippen LogP contribution is -2.49. The number of pyridine rings is 1. The molecule has 1 aromatic carbocycles. The zero-order valence-electron chi connectivity index (χ0n) is 21.4. The third-order valence-corrected chi connectivity index (χ3v) is 8.75. The average Bonchev–Trinajstić information content (AvgIpc) is 2.95. The van der Waals surface area contributed by atoms with Gasteiger partial charge in [-0.25, -0.2) is 4.98 Å². The lowest BCUT2D eigenvalue weighted by atomic mass is 9.88. The van der Waals surface area contributed by atoms with Crippen molar-refractivity contribution in [1.82, 2.24) is 13.8 Å². The lowest BCUT2D eigenvalue weighted by molar-refractivity contribution is -0.154.